The summed E-state index contributed by atoms with van der Waals surface area (Å²) in [6.45, 7) is 3.86. The molecule has 1 saturated heterocycles. The molecule has 3 aliphatic rings. The Balaban J connectivity index is 0.00000121. The van der Waals surface area contributed by atoms with Gasteiger partial charge in [-0.2, -0.15) is 0 Å². The summed E-state index contributed by atoms with van der Waals surface area (Å²) in [5.74, 6) is 0.225. The number of hydrogen-bond donors (Lipinski definition) is 1. The largest absolute Gasteiger partial charge is 0.339 e. The molecule has 2 saturated carbocycles. The van der Waals surface area contributed by atoms with E-state index in [9.17, 15) is 4.79 Å². The van der Waals surface area contributed by atoms with Gasteiger partial charge in [-0.25, -0.2) is 0 Å². The van der Waals surface area contributed by atoms with Crippen molar-refractivity contribution in [1.29, 1.82) is 0 Å². The summed E-state index contributed by atoms with van der Waals surface area (Å²) in [5, 5.41) is 0. The molecule has 0 atom stereocenters. The van der Waals surface area contributed by atoms with Crippen molar-refractivity contribution in [3.8, 4) is 0 Å². The lowest BCUT2D eigenvalue weighted by atomic mass is 9.81. The molecule has 3 rings (SSSR count). The van der Waals surface area contributed by atoms with Crippen molar-refractivity contribution in [2.45, 2.75) is 69.4 Å². The number of carbonyl (C=O) groups is 1. The second kappa shape index (κ2) is 8.72. The molecular formula is C16H31Cl2N3O. The minimum atomic E-state index is -0.548. The molecule has 0 aromatic carbocycles. The summed E-state index contributed by atoms with van der Waals surface area (Å²) in [7, 11) is 0. The van der Waals surface area contributed by atoms with Crippen LogP contribution in [0, 0.1) is 0 Å². The number of rotatable bonds is 2. The highest BCUT2D eigenvalue weighted by molar-refractivity contribution is 5.86. The Morgan fingerprint density at radius 2 is 1.41 bits per heavy atom. The first-order valence-corrected chi connectivity index (χ1v) is 8.51. The lowest BCUT2D eigenvalue weighted by Crippen LogP contribution is -2.60. The van der Waals surface area contributed by atoms with Crippen molar-refractivity contribution < 1.29 is 4.79 Å². The number of piperazine rings is 1. The number of nitrogens with zero attached hydrogens (tertiary/aromatic N) is 2. The lowest BCUT2D eigenvalue weighted by molar-refractivity contribution is -0.140. The Morgan fingerprint density at radius 3 is 1.95 bits per heavy atom. The van der Waals surface area contributed by atoms with E-state index in [0.29, 0.717) is 0 Å². The molecule has 1 heterocycles. The molecule has 2 N–H and O–H groups in total. The van der Waals surface area contributed by atoms with Gasteiger partial charge in [0.15, 0.2) is 0 Å². The predicted octanol–water partition coefficient (Wildman–Crippen LogP) is 2.58. The van der Waals surface area contributed by atoms with Gasteiger partial charge in [0.1, 0.15) is 0 Å². The summed E-state index contributed by atoms with van der Waals surface area (Å²) in [6.07, 6.45) is 10.7. The van der Waals surface area contributed by atoms with Gasteiger partial charge >= 0.3 is 0 Å². The minimum Gasteiger partial charge on any atom is -0.339 e. The van der Waals surface area contributed by atoms with Gasteiger partial charge in [-0.1, -0.05) is 32.1 Å². The summed E-state index contributed by atoms with van der Waals surface area (Å²) in [6, 6.07) is 0.786. The summed E-state index contributed by atoms with van der Waals surface area (Å²) in [5.41, 5.74) is 5.84. The number of carbonyl (C=O) groups excluding carboxylic acids is 1. The van der Waals surface area contributed by atoms with Gasteiger partial charge in [-0.15, -0.1) is 24.8 Å². The molecule has 0 aromatic heterocycles. The van der Waals surface area contributed by atoms with Gasteiger partial charge in [0.2, 0.25) is 5.91 Å². The summed E-state index contributed by atoms with van der Waals surface area (Å²) in [4.78, 5) is 17.3. The quantitative estimate of drug-likeness (QED) is 0.831. The topological polar surface area (TPSA) is 49.6 Å². The van der Waals surface area contributed by atoms with E-state index in [2.05, 4.69) is 4.90 Å². The fourth-order valence-corrected chi connectivity index (χ4v) is 4.27. The number of nitrogens with two attached hydrogens (primary N) is 1. The van der Waals surface area contributed by atoms with Crippen molar-refractivity contribution in [1.82, 2.24) is 9.80 Å². The van der Waals surface area contributed by atoms with Gasteiger partial charge in [0.25, 0.3) is 0 Å². The van der Waals surface area contributed by atoms with Gasteiger partial charge in [-0.05, 0) is 25.7 Å². The smallest absolute Gasteiger partial charge is 0.242 e. The molecule has 130 valence electrons. The zero-order valence-electron chi connectivity index (χ0n) is 13.5. The standard InChI is InChI=1S/C16H29N3O.2ClH/c17-16(8-4-1-5-9-16)15(20)19-12-10-18(11-13-19)14-6-2-3-7-14;;/h14H,1-13,17H2;2*1H. The van der Waals surface area contributed by atoms with Crippen LogP contribution >= 0.6 is 24.8 Å². The highest BCUT2D eigenvalue weighted by atomic mass is 35.5. The van der Waals surface area contributed by atoms with Crippen LogP contribution in [0.15, 0.2) is 0 Å². The fourth-order valence-electron chi connectivity index (χ4n) is 4.27. The predicted molar refractivity (Wildman–Crippen MR) is 94.9 cm³/mol. The first-order chi connectivity index (χ1) is 9.69. The SMILES string of the molecule is Cl.Cl.NC1(C(=O)N2CCN(C3CCCC3)CC2)CCCCC1. The number of halogens is 2. The van der Waals surface area contributed by atoms with Crippen molar-refractivity contribution in [3.63, 3.8) is 0 Å². The van der Waals surface area contributed by atoms with Gasteiger partial charge in [-0.3, -0.25) is 9.69 Å². The average molecular weight is 352 g/mol. The first kappa shape index (κ1) is 20.0. The summed E-state index contributed by atoms with van der Waals surface area (Å²) < 4.78 is 0. The Kier molecular flexibility index (Phi) is 7.93. The van der Waals surface area contributed by atoms with E-state index in [0.717, 1.165) is 57.9 Å². The van der Waals surface area contributed by atoms with Gasteiger partial charge in [0.05, 0.1) is 5.54 Å². The molecule has 2 aliphatic carbocycles. The van der Waals surface area contributed by atoms with E-state index in [1.807, 2.05) is 4.90 Å². The second-order valence-electron chi connectivity index (χ2n) is 6.98. The molecule has 22 heavy (non-hydrogen) atoms. The maximum absolute atomic E-state index is 12.7. The van der Waals surface area contributed by atoms with E-state index >= 15 is 0 Å². The molecule has 0 bridgehead atoms. The van der Waals surface area contributed by atoms with E-state index in [4.69, 9.17) is 5.73 Å². The molecule has 3 fully saturated rings. The van der Waals surface area contributed by atoms with Crippen molar-refractivity contribution in [2.75, 3.05) is 26.2 Å². The monoisotopic (exact) mass is 351 g/mol. The molecule has 1 aliphatic heterocycles. The van der Waals surface area contributed by atoms with Crippen molar-refractivity contribution >= 4 is 30.7 Å². The molecule has 0 spiro atoms. The molecule has 0 radical (unpaired) electrons. The van der Waals surface area contributed by atoms with Crippen LogP contribution in [0.25, 0.3) is 0 Å². The Labute approximate surface area is 147 Å². The lowest BCUT2D eigenvalue weighted by Gasteiger charge is -2.42. The minimum absolute atomic E-state index is 0. The van der Waals surface area contributed by atoms with Crippen LogP contribution in [0.3, 0.4) is 0 Å². The van der Waals surface area contributed by atoms with Crippen LogP contribution in [-0.2, 0) is 4.79 Å². The molecule has 6 heteroatoms. The normalized spacial score (nSPS) is 26.1. The maximum atomic E-state index is 12.7. The van der Waals surface area contributed by atoms with E-state index in [1.165, 1.54) is 32.1 Å². The van der Waals surface area contributed by atoms with Crippen LogP contribution in [0.5, 0.6) is 0 Å². The first-order valence-electron chi connectivity index (χ1n) is 8.51. The van der Waals surface area contributed by atoms with Gasteiger partial charge < -0.3 is 10.6 Å². The Hall–Kier alpha value is -0.0300. The third-order valence-corrected chi connectivity index (χ3v) is 5.61. The van der Waals surface area contributed by atoms with Crippen LogP contribution in [0.2, 0.25) is 0 Å². The average Bonchev–Trinajstić information content (AvgIpc) is 3.02. The van der Waals surface area contributed by atoms with Crippen LogP contribution in [-0.4, -0.2) is 53.5 Å². The molecule has 4 nitrogen and oxygen atoms in total. The Bertz CT molecular complexity index is 347. The van der Waals surface area contributed by atoms with E-state index < -0.39 is 5.54 Å². The van der Waals surface area contributed by atoms with E-state index in [-0.39, 0.29) is 30.7 Å². The maximum Gasteiger partial charge on any atom is 0.242 e. The second-order valence-corrected chi connectivity index (χ2v) is 6.98. The van der Waals surface area contributed by atoms with Crippen molar-refractivity contribution in [2.24, 2.45) is 5.73 Å². The van der Waals surface area contributed by atoms with E-state index in [1.54, 1.807) is 0 Å². The zero-order valence-corrected chi connectivity index (χ0v) is 15.1. The zero-order chi connectivity index (χ0) is 14.0. The third kappa shape index (κ3) is 4.28. The van der Waals surface area contributed by atoms with Crippen LogP contribution in [0.1, 0.15) is 57.8 Å². The third-order valence-electron chi connectivity index (χ3n) is 5.61. The highest BCUT2D eigenvalue weighted by Gasteiger charge is 2.39. The number of amides is 1. The Morgan fingerprint density at radius 1 is 0.864 bits per heavy atom. The highest BCUT2D eigenvalue weighted by Crippen LogP contribution is 2.29. The molecular weight excluding hydrogens is 321 g/mol. The fraction of sp³-hybridized carbons (Fsp3) is 0.938. The molecule has 0 aromatic rings. The molecule has 1 amide bonds. The van der Waals surface area contributed by atoms with Crippen LogP contribution < -0.4 is 5.73 Å². The molecule has 0 unspecified atom stereocenters. The van der Waals surface area contributed by atoms with Crippen molar-refractivity contribution in [3.05, 3.63) is 0 Å². The van der Waals surface area contributed by atoms with Crippen LogP contribution in [0.4, 0.5) is 0 Å². The summed E-state index contributed by atoms with van der Waals surface area (Å²) >= 11 is 0. The van der Waals surface area contributed by atoms with Gasteiger partial charge in [0, 0.05) is 32.2 Å². The number of hydrogen-bond acceptors (Lipinski definition) is 3.